The van der Waals surface area contributed by atoms with Gasteiger partial charge in [0.1, 0.15) is 11.5 Å². The van der Waals surface area contributed by atoms with E-state index >= 15 is 0 Å². The molecule has 0 radical (unpaired) electrons. The fourth-order valence-electron chi connectivity index (χ4n) is 5.25. The van der Waals surface area contributed by atoms with E-state index in [4.69, 9.17) is 9.97 Å². The van der Waals surface area contributed by atoms with E-state index in [2.05, 4.69) is 15.2 Å². The number of nitrogens with zero attached hydrogens (tertiary/aromatic N) is 5. The van der Waals surface area contributed by atoms with Gasteiger partial charge in [-0.1, -0.05) is 25.8 Å². The van der Waals surface area contributed by atoms with Crippen LogP contribution in [0, 0.1) is 0 Å². The Morgan fingerprint density at radius 1 is 1.09 bits per heavy atom. The SMILES string of the molecule is CCc1cc2cnc(N(c3ccccn3)C3CCCNCC3)nc2n(C2CCCC2)c1=O. The van der Waals surface area contributed by atoms with E-state index in [9.17, 15) is 4.79 Å². The second kappa shape index (κ2) is 9.36. The van der Waals surface area contributed by atoms with Gasteiger partial charge in [0.15, 0.2) is 0 Å². The van der Waals surface area contributed by atoms with Gasteiger partial charge in [-0.2, -0.15) is 4.98 Å². The van der Waals surface area contributed by atoms with Crippen LogP contribution in [0.4, 0.5) is 11.8 Å². The molecule has 1 aliphatic heterocycles. The summed E-state index contributed by atoms with van der Waals surface area (Å²) >= 11 is 0. The van der Waals surface area contributed by atoms with Gasteiger partial charge >= 0.3 is 0 Å². The lowest BCUT2D eigenvalue weighted by molar-refractivity contribution is 0.512. The average molecular weight is 433 g/mol. The van der Waals surface area contributed by atoms with Crippen molar-refractivity contribution in [2.75, 3.05) is 18.0 Å². The predicted octanol–water partition coefficient (Wildman–Crippen LogP) is 4.14. The third kappa shape index (κ3) is 4.01. The molecule has 7 nitrogen and oxygen atoms in total. The van der Waals surface area contributed by atoms with Gasteiger partial charge < -0.3 is 5.32 Å². The third-order valence-electron chi connectivity index (χ3n) is 6.93. The molecular weight excluding hydrogens is 400 g/mol. The van der Waals surface area contributed by atoms with Crippen LogP contribution < -0.4 is 15.8 Å². The Balaban J connectivity index is 1.67. The Morgan fingerprint density at radius 3 is 2.75 bits per heavy atom. The molecule has 1 atom stereocenters. The quantitative estimate of drug-likeness (QED) is 0.653. The normalized spacial score (nSPS) is 19.8. The lowest BCUT2D eigenvalue weighted by atomic mass is 10.1. The number of hydrogen-bond donors (Lipinski definition) is 1. The number of rotatable bonds is 5. The number of fused-ring (bicyclic) bond motifs is 1. The highest BCUT2D eigenvalue weighted by Crippen LogP contribution is 2.32. The van der Waals surface area contributed by atoms with Crippen molar-refractivity contribution >= 4 is 22.8 Å². The first-order valence-corrected chi connectivity index (χ1v) is 12.1. The predicted molar refractivity (Wildman–Crippen MR) is 128 cm³/mol. The molecule has 0 amide bonds. The second-order valence-corrected chi connectivity index (χ2v) is 8.98. The second-order valence-electron chi connectivity index (χ2n) is 8.98. The van der Waals surface area contributed by atoms with E-state index < -0.39 is 0 Å². The number of nitrogens with one attached hydrogen (secondary N) is 1. The third-order valence-corrected chi connectivity index (χ3v) is 6.93. The summed E-state index contributed by atoms with van der Waals surface area (Å²) in [7, 11) is 0. The summed E-state index contributed by atoms with van der Waals surface area (Å²) < 4.78 is 1.97. The van der Waals surface area contributed by atoms with Gasteiger partial charge in [0.2, 0.25) is 5.95 Å². The molecule has 3 aromatic rings. The molecular formula is C25H32N6O. The summed E-state index contributed by atoms with van der Waals surface area (Å²) in [5.74, 6) is 1.50. The van der Waals surface area contributed by atoms with Gasteiger partial charge in [-0.25, -0.2) is 9.97 Å². The Kier molecular flexibility index (Phi) is 6.17. The average Bonchev–Trinajstić information content (AvgIpc) is 3.22. The lowest BCUT2D eigenvalue weighted by Gasteiger charge is -2.30. The van der Waals surface area contributed by atoms with Gasteiger partial charge in [-0.15, -0.1) is 0 Å². The van der Waals surface area contributed by atoms with Crippen LogP contribution >= 0.6 is 0 Å². The fraction of sp³-hybridized carbons (Fsp3) is 0.520. The maximum Gasteiger partial charge on any atom is 0.255 e. The van der Waals surface area contributed by atoms with Crippen molar-refractivity contribution in [2.24, 2.45) is 0 Å². The molecule has 2 aliphatic rings. The van der Waals surface area contributed by atoms with Crippen LogP contribution in [0.3, 0.4) is 0 Å². The highest BCUT2D eigenvalue weighted by Gasteiger charge is 2.27. The summed E-state index contributed by atoms with van der Waals surface area (Å²) in [4.78, 5) is 30.1. The van der Waals surface area contributed by atoms with Gasteiger partial charge in [-0.3, -0.25) is 14.3 Å². The number of aryl methyl sites for hydroxylation is 1. The Labute approximate surface area is 188 Å². The van der Waals surface area contributed by atoms with Gasteiger partial charge in [0.25, 0.3) is 5.56 Å². The highest BCUT2D eigenvalue weighted by atomic mass is 16.1. The first-order valence-electron chi connectivity index (χ1n) is 12.1. The maximum atomic E-state index is 13.4. The Morgan fingerprint density at radius 2 is 1.97 bits per heavy atom. The molecule has 0 bridgehead atoms. The van der Waals surface area contributed by atoms with Crippen LogP contribution in [0.5, 0.6) is 0 Å². The zero-order valence-electron chi connectivity index (χ0n) is 18.8. The molecule has 1 aliphatic carbocycles. The van der Waals surface area contributed by atoms with Crippen LogP contribution in [0.1, 0.15) is 63.5 Å². The van der Waals surface area contributed by atoms with Crippen molar-refractivity contribution in [1.29, 1.82) is 0 Å². The summed E-state index contributed by atoms with van der Waals surface area (Å²) in [6, 6.07) is 8.43. The molecule has 1 saturated heterocycles. The molecule has 1 N–H and O–H groups in total. The number of hydrogen-bond acceptors (Lipinski definition) is 6. The van der Waals surface area contributed by atoms with Crippen molar-refractivity contribution in [3.05, 3.63) is 52.6 Å². The van der Waals surface area contributed by atoms with Crippen molar-refractivity contribution in [2.45, 2.75) is 70.4 Å². The van der Waals surface area contributed by atoms with Crippen LogP contribution in [-0.2, 0) is 6.42 Å². The van der Waals surface area contributed by atoms with Crippen molar-refractivity contribution < 1.29 is 0 Å². The summed E-state index contributed by atoms with van der Waals surface area (Å²) in [6.45, 7) is 4.04. The molecule has 4 heterocycles. The van der Waals surface area contributed by atoms with Gasteiger partial charge in [0, 0.05) is 35.4 Å². The molecule has 168 valence electrons. The minimum atomic E-state index is 0.111. The molecule has 1 saturated carbocycles. The van der Waals surface area contributed by atoms with E-state index in [1.54, 1.807) is 0 Å². The topological polar surface area (TPSA) is 75.9 Å². The molecule has 32 heavy (non-hydrogen) atoms. The molecule has 7 heteroatoms. The summed E-state index contributed by atoms with van der Waals surface area (Å²) in [5, 5.41) is 4.44. The van der Waals surface area contributed by atoms with Gasteiger partial charge in [0.05, 0.1) is 0 Å². The van der Waals surface area contributed by atoms with Crippen molar-refractivity contribution in [3.63, 3.8) is 0 Å². The molecule has 3 aromatic heterocycles. The first-order chi connectivity index (χ1) is 15.8. The minimum absolute atomic E-state index is 0.111. The Hall–Kier alpha value is -2.80. The van der Waals surface area contributed by atoms with Crippen LogP contribution in [0.15, 0.2) is 41.5 Å². The first kappa shape index (κ1) is 21.1. The molecule has 5 rings (SSSR count). The monoisotopic (exact) mass is 432 g/mol. The highest BCUT2D eigenvalue weighted by molar-refractivity contribution is 5.77. The van der Waals surface area contributed by atoms with E-state index in [0.717, 1.165) is 74.0 Å². The molecule has 1 unspecified atom stereocenters. The lowest BCUT2D eigenvalue weighted by Crippen LogP contribution is -2.34. The van der Waals surface area contributed by atoms with E-state index in [0.29, 0.717) is 5.95 Å². The van der Waals surface area contributed by atoms with Crippen LogP contribution in [0.25, 0.3) is 11.0 Å². The van der Waals surface area contributed by atoms with E-state index in [-0.39, 0.29) is 17.6 Å². The van der Waals surface area contributed by atoms with E-state index in [1.807, 2.05) is 48.1 Å². The molecule has 2 fully saturated rings. The van der Waals surface area contributed by atoms with Crippen molar-refractivity contribution in [1.82, 2.24) is 24.8 Å². The zero-order valence-corrected chi connectivity index (χ0v) is 18.8. The van der Waals surface area contributed by atoms with Crippen molar-refractivity contribution in [3.8, 4) is 0 Å². The summed E-state index contributed by atoms with van der Waals surface area (Å²) in [6.07, 6.45) is 12.0. The minimum Gasteiger partial charge on any atom is -0.317 e. The smallest absolute Gasteiger partial charge is 0.255 e. The number of aromatic nitrogens is 4. The Bertz CT molecular complexity index is 1110. The zero-order chi connectivity index (χ0) is 21.9. The van der Waals surface area contributed by atoms with Crippen LogP contribution in [-0.4, -0.2) is 38.7 Å². The number of anilines is 2. The largest absolute Gasteiger partial charge is 0.317 e. The summed E-state index contributed by atoms with van der Waals surface area (Å²) in [5.41, 5.74) is 1.72. The number of pyridine rings is 2. The molecule has 0 aromatic carbocycles. The van der Waals surface area contributed by atoms with Crippen LogP contribution in [0.2, 0.25) is 0 Å². The fourth-order valence-corrected chi connectivity index (χ4v) is 5.25. The molecule has 0 spiro atoms. The van der Waals surface area contributed by atoms with Gasteiger partial charge in [-0.05, 0) is 69.8 Å². The maximum absolute atomic E-state index is 13.4. The standard InChI is InChI=1S/C25H32N6O/c1-2-18-16-19-17-28-25(29-23(19)31(24(18)32)20-8-3-4-9-20)30(22-11-5-6-14-27-22)21-10-7-13-26-15-12-21/h5-6,11,14,16-17,20-21,26H,2-4,7-10,12-13,15H2,1H3. The van der Waals surface area contributed by atoms with E-state index in [1.165, 1.54) is 12.8 Å².